The Kier molecular flexibility index (Phi) is 4.53. The highest BCUT2D eigenvalue weighted by atomic mass is 19.1. The fourth-order valence-corrected chi connectivity index (χ4v) is 2.23. The summed E-state index contributed by atoms with van der Waals surface area (Å²) in [6.45, 7) is 0.474. The van der Waals surface area contributed by atoms with E-state index < -0.39 is 0 Å². The molecule has 3 heteroatoms. The van der Waals surface area contributed by atoms with Gasteiger partial charge in [0.25, 0.3) is 0 Å². The van der Waals surface area contributed by atoms with Gasteiger partial charge in [-0.25, -0.2) is 4.39 Å². The fourth-order valence-electron chi connectivity index (χ4n) is 2.23. The van der Waals surface area contributed by atoms with E-state index in [2.05, 4.69) is 0 Å². The minimum absolute atomic E-state index is 0.0898. The van der Waals surface area contributed by atoms with Crippen LogP contribution in [0.4, 0.5) is 4.39 Å². The molecule has 2 nitrogen and oxygen atoms in total. The van der Waals surface area contributed by atoms with E-state index in [1.54, 1.807) is 19.2 Å². The molecule has 19 heavy (non-hydrogen) atoms. The smallest absolute Gasteiger partial charge is 0.123 e. The van der Waals surface area contributed by atoms with E-state index in [1.807, 2.05) is 30.3 Å². The molecule has 0 aliphatic carbocycles. The zero-order valence-corrected chi connectivity index (χ0v) is 11.0. The van der Waals surface area contributed by atoms with Gasteiger partial charge in [-0.2, -0.15) is 0 Å². The van der Waals surface area contributed by atoms with Gasteiger partial charge in [-0.1, -0.05) is 30.3 Å². The minimum Gasteiger partial charge on any atom is -0.496 e. The second-order valence-electron chi connectivity index (χ2n) is 4.50. The number of ether oxygens (including phenoxy) is 1. The quantitative estimate of drug-likeness (QED) is 0.895. The van der Waals surface area contributed by atoms with Crippen LogP contribution in [0.1, 0.15) is 17.0 Å². The van der Waals surface area contributed by atoms with Gasteiger partial charge in [-0.3, -0.25) is 0 Å². The van der Waals surface area contributed by atoms with Crippen LogP contribution in [0.15, 0.2) is 48.5 Å². The minimum atomic E-state index is -0.226. The van der Waals surface area contributed by atoms with E-state index in [-0.39, 0.29) is 11.7 Å². The van der Waals surface area contributed by atoms with Crippen molar-refractivity contribution in [3.8, 4) is 5.75 Å². The average Bonchev–Trinajstić information content (AvgIpc) is 2.45. The maximum atomic E-state index is 13.3. The Bertz CT molecular complexity index is 542. The Morgan fingerprint density at radius 1 is 1.16 bits per heavy atom. The number of rotatable bonds is 5. The lowest BCUT2D eigenvalue weighted by Gasteiger charge is -2.17. The number of halogens is 1. The maximum Gasteiger partial charge on any atom is 0.123 e. The summed E-state index contributed by atoms with van der Waals surface area (Å²) in [4.78, 5) is 0. The largest absolute Gasteiger partial charge is 0.496 e. The van der Waals surface area contributed by atoms with Gasteiger partial charge < -0.3 is 10.5 Å². The summed E-state index contributed by atoms with van der Waals surface area (Å²) in [5, 5.41) is 0. The first-order chi connectivity index (χ1) is 9.24. The fraction of sp³-hybridized carbons (Fsp3) is 0.250. The third-order valence-corrected chi connectivity index (χ3v) is 3.26. The number of methoxy groups -OCH3 is 1. The van der Waals surface area contributed by atoms with Gasteiger partial charge in [-0.15, -0.1) is 0 Å². The maximum absolute atomic E-state index is 13.3. The summed E-state index contributed by atoms with van der Waals surface area (Å²) in [5.74, 6) is 0.709. The molecule has 0 aliphatic heterocycles. The van der Waals surface area contributed by atoms with Gasteiger partial charge in [-0.05, 0) is 42.3 Å². The molecule has 2 N–H and O–H groups in total. The summed E-state index contributed by atoms with van der Waals surface area (Å²) in [7, 11) is 1.65. The summed E-state index contributed by atoms with van der Waals surface area (Å²) in [6.07, 6.45) is 0.740. The van der Waals surface area contributed by atoms with Gasteiger partial charge in [0.2, 0.25) is 0 Å². The lowest BCUT2D eigenvalue weighted by Crippen LogP contribution is -2.15. The van der Waals surface area contributed by atoms with E-state index in [4.69, 9.17) is 10.5 Å². The van der Waals surface area contributed by atoms with Crippen molar-refractivity contribution in [1.82, 2.24) is 0 Å². The van der Waals surface area contributed by atoms with E-state index in [0.29, 0.717) is 6.54 Å². The Morgan fingerprint density at radius 3 is 2.63 bits per heavy atom. The number of nitrogens with two attached hydrogens (primary N) is 1. The van der Waals surface area contributed by atoms with Crippen molar-refractivity contribution in [3.05, 3.63) is 65.5 Å². The highest BCUT2D eigenvalue weighted by Crippen LogP contribution is 2.26. The van der Waals surface area contributed by atoms with Crippen molar-refractivity contribution in [2.75, 3.05) is 13.7 Å². The van der Waals surface area contributed by atoms with Gasteiger partial charge in [0.15, 0.2) is 0 Å². The normalized spacial score (nSPS) is 12.2. The second kappa shape index (κ2) is 6.34. The molecule has 0 spiro atoms. The predicted octanol–water partition coefficient (Wildman–Crippen LogP) is 3.12. The molecule has 0 heterocycles. The van der Waals surface area contributed by atoms with Gasteiger partial charge in [0.1, 0.15) is 11.6 Å². The molecule has 0 bridgehead atoms. The molecule has 0 radical (unpaired) electrons. The number of para-hydroxylation sites is 1. The summed E-state index contributed by atoms with van der Waals surface area (Å²) >= 11 is 0. The topological polar surface area (TPSA) is 35.2 Å². The van der Waals surface area contributed by atoms with E-state index in [9.17, 15) is 4.39 Å². The van der Waals surface area contributed by atoms with Crippen LogP contribution in [0.3, 0.4) is 0 Å². The van der Waals surface area contributed by atoms with Crippen LogP contribution in [-0.4, -0.2) is 13.7 Å². The third-order valence-electron chi connectivity index (χ3n) is 3.26. The first-order valence-electron chi connectivity index (χ1n) is 6.32. The SMILES string of the molecule is COc1ccccc1CC(CN)c1cccc(F)c1. The van der Waals surface area contributed by atoms with Crippen LogP contribution in [0.25, 0.3) is 0 Å². The highest BCUT2D eigenvalue weighted by molar-refractivity contribution is 5.35. The Hall–Kier alpha value is -1.87. The van der Waals surface area contributed by atoms with Crippen molar-refractivity contribution in [2.24, 2.45) is 5.73 Å². The van der Waals surface area contributed by atoms with Crippen LogP contribution in [-0.2, 0) is 6.42 Å². The highest BCUT2D eigenvalue weighted by Gasteiger charge is 2.13. The Balaban J connectivity index is 2.24. The standard InChI is InChI=1S/C16H18FNO/c1-19-16-8-3-2-5-13(16)9-14(11-18)12-6-4-7-15(17)10-12/h2-8,10,14H,9,11,18H2,1H3. The van der Waals surface area contributed by atoms with Crippen LogP contribution < -0.4 is 10.5 Å². The Labute approximate surface area is 113 Å². The van der Waals surface area contributed by atoms with Crippen molar-refractivity contribution in [2.45, 2.75) is 12.3 Å². The number of hydrogen-bond acceptors (Lipinski definition) is 2. The zero-order chi connectivity index (χ0) is 13.7. The van der Waals surface area contributed by atoms with Crippen LogP contribution in [0, 0.1) is 5.82 Å². The number of benzene rings is 2. The molecule has 0 aromatic heterocycles. The molecule has 2 aromatic carbocycles. The van der Waals surface area contributed by atoms with Crippen molar-refractivity contribution >= 4 is 0 Å². The second-order valence-corrected chi connectivity index (χ2v) is 4.50. The molecule has 1 atom stereocenters. The lowest BCUT2D eigenvalue weighted by atomic mass is 9.91. The molecular weight excluding hydrogens is 241 g/mol. The zero-order valence-electron chi connectivity index (χ0n) is 11.0. The molecule has 2 rings (SSSR count). The van der Waals surface area contributed by atoms with E-state index in [0.717, 1.165) is 23.3 Å². The van der Waals surface area contributed by atoms with Gasteiger partial charge >= 0.3 is 0 Å². The van der Waals surface area contributed by atoms with E-state index >= 15 is 0 Å². The molecule has 0 saturated heterocycles. The van der Waals surface area contributed by atoms with Gasteiger partial charge in [0, 0.05) is 5.92 Å². The summed E-state index contributed by atoms with van der Waals surface area (Å²) < 4.78 is 18.6. The average molecular weight is 259 g/mol. The molecule has 0 saturated carbocycles. The van der Waals surface area contributed by atoms with Crippen molar-refractivity contribution in [3.63, 3.8) is 0 Å². The molecule has 0 fully saturated rings. The third kappa shape index (κ3) is 3.32. The molecule has 0 amide bonds. The van der Waals surface area contributed by atoms with Crippen molar-refractivity contribution in [1.29, 1.82) is 0 Å². The van der Waals surface area contributed by atoms with E-state index in [1.165, 1.54) is 6.07 Å². The van der Waals surface area contributed by atoms with Gasteiger partial charge in [0.05, 0.1) is 7.11 Å². The lowest BCUT2D eigenvalue weighted by molar-refractivity contribution is 0.408. The molecule has 2 aromatic rings. The molecular formula is C16H18FNO. The van der Waals surface area contributed by atoms with Crippen molar-refractivity contribution < 1.29 is 9.13 Å². The molecule has 100 valence electrons. The monoisotopic (exact) mass is 259 g/mol. The van der Waals surface area contributed by atoms with Crippen LogP contribution in [0.2, 0.25) is 0 Å². The summed E-state index contributed by atoms with van der Waals surface area (Å²) in [5.41, 5.74) is 7.84. The Morgan fingerprint density at radius 2 is 1.95 bits per heavy atom. The molecule has 1 unspecified atom stereocenters. The number of hydrogen-bond donors (Lipinski definition) is 1. The predicted molar refractivity (Wildman–Crippen MR) is 74.9 cm³/mol. The summed E-state index contributed by atoms with van der Waals surface area (Å²) in [6, 6.07) is 14.5. The molecule has 0 aliphatic rings. The first-order valence-corrected chi connectivity index (χ1v) is 6.32. The van der Waals surface area contributed by atoms with Crippen LogP contribution in [0.5, 0.6) is 5.75 Å². The first kappa shape index (κ1) is 13.6. The van der Waals surface area contributed by atoms with Crippen LogP contribution >= 0.6 is 0 Å².